The molecule has 2 aromatic rings. The molecule has 0 aromatic heterocycles. The van der Waals surface area contributed by atoms with E-state index in [9.17, 15) is 4.79 Å². The normalized spacial score (nSPS) is 10.8. The Kier molecular flexibility index (Phi) is 6.70. The predicted octanol–water partition coefficient (Wildman–Crippen LogP) is 4.34. The summed E-state index contributed by atoms with van der Waals surface area (Å²) in [6.45, 7) is 1.49. The Bertz CT molecular complexity index is 681. The molecule has 2 rings (SSSR count). The summed E-state index contributed by atoms with van der Waals surface area (Å²) in [7, 11) is 2.03. The fraction of sp³-hybridized carbons (Fsp3) is 0.211. The maximum atomic E-state index is 10.5. The highest BCUT2D eigenvalue weighted by atomic mass is 35.5. The zero-order valence-electron chi connectivity index (χ0n) is 13.5. The minimum atomic E-state index is -0.958. The summed E-state index contributed by atoms with van der Waals surface area (Å²) in [6.07, 6.45) is 3.55. The topological polar surface area (TPSA) is 49.8 Å². The van der Waals surface area contributed by atoms with E-state index in [2.05, 4.69) is 4.90 Å². The number of hydrogen-bond donors (Lipinski definition) is 1. The molecule has 0 saturated carbocycles. The fourth-order valence-electron chi connectivity index (χ4n) is 2.16. The molecule has 0 aliphatic heterocycles. The maximum absolute atomic E-state index is 10.5. The largest absolute Gasteiger partial charge is 0.494 e. The summed E-state index contributed by atoms with van der Waals surface area (Å²) < 4.78 is 5.70. The Morgan fingerprint density at radius 2 is 1.83 bits per heavy atom. The van der Waals surface area contributed by atoms with Crippen molar-refractivity contribution >= 4 is 29.3 Å². The van der Waals surface area contributed by atoms with Gasteiger partial charge in [-0.05, 0) is 54.5 Å². The first-order valence-electron chi connectivity index (χ1n) is 7.65. The third kappa shape index (κ3) is 5.97. The van der Waals surface area contributed by atoms with Crippen LogP contribution < -0.4 is 9.64 Å². The average Bonchev–Trinajstić information content (AvgIpc) is 2.58. The molecule has 0 amide bonds. The molecule has 0 spiro atoms. The fourth-order valence-corrected chi connectivity index (χ4v) is 2.29. The van der Waals surface area contributed by atoms with Crippen LogP contribution in [-0.4, -0.2) is 31.3 Å². The summed E-state index contributed by atoms with van der Waals surface area (Å²) >= 11 is 5.89. The molecule has 126 valence electrons. The first-order chi connectivity index (χ1) is 11.5. The van der Waals surface area contributed by atoms with Gasteiger partial charge in [0.05, 0.1) is 6.61 Å². The summed E-state index contributed by atoms with van der Waals surface area (Å²) in [5.74, 6) is -0.184. The molecule has 0 unspecified atom stereocenters. The van der Waals surface area contributed by atoms with E-state index in [1.165, 1.54) is 0 Å². The smallest absolute Gasteiger partial charge is 0.328 e. The van der Waals surface area contributed by atoms with Crippen LogP contribution in [0, 0.1) is 0 Å². The Labute approximate surface area is 146 Å². The molecule has 5 heteroatoms. The number of anilines is 1. The zero-order valence-corrected chi connectivity index (χ0v) is 14.2. The number of hydrogen-bond acceptors (Lipinski definition) is 3. The van der Waals surface area contributed by atoms with Crippen molar-refractivity contribution in [3.8, 4) is 5.75 Å². The van der Waals surface area contributed by atoms with Crippen molar-refractivity contribution in [2.24, 2.45) is 0 Å². The maximum Gasteiger partial charge on any atom is 0.328 e. The first-order valence-corrected chi connectivity index (χ1v) is 8.03. The third-order valence-electron chi connectivity index (χ3n) is 3.47. The van der Waals surface area contributed by atoms with Gasteiger partial charge in [0.2, 0.25) is 0 Å². The Hall–Kier alpha value is -2.46. The lowest BCUT2D eigenvalue weighted by Gasteiger charge is -2.19. The van der Waals surface area contributed by atoms with Crippen molar-refractivity contribution in [3.63, 3.8) is 0 Å². The number of nitrogens with zero attached hydrogens (tertiary/aromatic N) is 1. The van der Waals surface area contributed by atoms with Crippen molar-refractivity contribution in [2.45, 2.75) is 6.42 Å². The second-order valence-electron chi connectivity index (χ2n) is 5.34. The number of aliphatic carboxylic acids is 1. The third-order valence-corrected chi connectivity index (χ3v) is 3.72. The van der Waals surface area contributed by atoms with Crippen LogP contribution in [0.15, 0.2) is 54.6 Å². The lowest BCUT2D eigenvalue weighted by molar-refractivity contribution is -0.131. The highest BCUT2D eigenvalue weighted by molar-refractivity contribution is 6.30. The monoisotopic (exact) mass is 345 g/mol. The van der Waals surface area contributed by atoms with Crippen molar-refractivity contribution in [3.05, 3.63) is 65.2 Å². The van der Waals surface area contributed by atoms with Crippen molar-refractivity contribution in [1.29, 1.82) is 0 Å². The summed E-state index contributed by atoms with van der Waals surface area (Å²) in [5, 5.41) is 9.32. The number of benzene rings is 2. The van der Waals surface area contributed by atoms with Gasteiger partial charge in [0.1, 0.15) is 5.75 Å². The highest BCUT2D eigenvalue weighted by Crippen LogP contribution is 2.17. The predicted molar refractivity (Wildman–Crippen MR) is 97.9 cm³/mol. The van der Waals surface area contributed by atoms with Gasteiger partial charge < -0.3 is 14.7 Å². The van der Waals surface area contributed by atoms with Crippen molar-refractivity contribution in [2.75, 3.05) is 25.1 Å². The second-order valence-corrected chi connectivity index (χ2v) is 5.78. The molecule has 0 atom stereocenters. The van der Waals surface area contributed by atoms with Gasteiger partial charge in [-0.3, -0.25) is 0 Å². The van der Waals surface area contributed by atoms with Crippen LogP contribution in [0.1, 0.15) is 12.0 Å². The molecule has 0 saturated heterocycles. The van der Waals surface area contributed by atoms with Crippen LogP contribution in [0.2, 0.25) is 5.02 Å². The molecule has 0 radical (unpaired) electrons. The van der Waals surface area contributed by atoms with Crippen LogP contribution in [0.25, 0.3) is 6.08 Å². The first kappa shape index (κ1) is 17.9. The molecule has 0 heterocycles. The minimum Gasteiger partial charge on any atom is -0.494 e. The number of carbonyl (C=O) groups is 1. The van der Waals surface area contributed by atoms with Gasteiger partial charge in [0.15, 0.2) is 0 Å². The van der Waals surface area contributed by atoms with Gasteiger partial charge in [0.25, 0.3) is 0 Å². The van der Waals surface area contributed by atoms with Crippen molar-refractivity contribution < 1.29 is 14.6 Å². The van der Waals surface area contributed by atoms with E-state index in [0.29, 0.717) is 6.61 Å². The molecule has 0 aliphatic carbocycles. The Balaban J connectivity index is 1.74. The number of carboxylic acids is 1. The summed E-state index contributed by atoms with van der Waals surface area (Å²) in [6, 6.07) is 15.1. The molecular formula is C19H20ClNO3. The number of rotatable bonds is 8. The van der Waals surface area contributed by atoms with Crippen LogP contribution in [0.4, 0.5) is 5.69 Å². The van der Waals surface area contributed by atoms with E-state index >= 15 is 0 Å². The van der Waals surface area contributed by atoms with Crippen molar-refractivity contribution in [1.82, 2.24) is 0 Å². The van der Waals surface area contributed by atoms with Gasteiger partial charge in [-0.15, -0.1) is 0 Å². The van der Waals surface area contributed by atoms with E-state index in [-0.39, 0.29) is 0 Å². The van der Waals surface area contributed by atoms with Crippen LogP contribution in [-0.2, 0) is 4.79 Å². The van der Waals surface area contributed by atoms with E-state index in [4.69, 9.17) is 21.4 Å². The van der Waals surface area contributed by atoms with E-state index in [1.54, 1.807) is 6.08 Å². The molecule has 2 aromatic carbocycles. The summed E-state index contributed by atoms with van der Waals surface area (Å²) in [5.41, 5.74) is 1.95. The number of halogens is 1. The molecule has 1 N–H and O–H groups in total. The van der Waals surface area contributed by atoms with Gasteiger partial charge in [-0.25, -0.2) is 4.79 Å². The quantitative estimate of drug-likeness (QED) is 0.571. The molecule has 24 heavy (non-hydrogen) atoms. The van der Waals surface area contributed by atoms with Gasteiger partial charge in [-0.1, -0.05) is 23.7 Å². The molecule has 0 fully saturated rings. The molecule has 0 bridgehead atoms. The molecule has 4 nitrogen and oxygen atoms in total. The van der Waals surface area contributed by atoms with E-state index < -0.39 is 5.97 Å². The van der Waals surface area contributed by atoms with E-state index in [0.717, 1.165) is 41.1 Å². The van der Waals surface area contributed by atoms with Gasteiger partial charge in [-0.2, -0.15) is 0 Å². The van der Waals surface area contributed by atoms with Crippen LogP contribution in [0.5, 0.6) is 5.75 Å². The minimum absolute atomic E-state index is 0.613. The van der Waals surface area contributed by atoms with Gasteiger partial charge >= 0.3 is 5.97 Å². The van der Waals surface area contributed by atoms with Crippen LogP contribution >= 0.6 is 11.6 Å². The number of carboxylic acid groups (broad SMARTS) is 1. The van der Waals surface area contributed by atoms with Crippen LogP contribution in [0.3, 0.4) is 0 Å². The molecular weight excluding hydrogens is 326 g/mol. The Morgan fingerprint density at radius 3 is 2.46 bits per heavy atom. The average molecular weight is 346 g/mol. The lowest BCUT2D eigenvalue weighted by atomic mass is 10.2. The Morgan fingerprint density at radius 1 is 1.17 bits per heavy atom. The number of ether oxygens (including phenoxy) is 1. The molecule has 0 aliphatic rings. The summed E-state index contributed by atoms with van der Waals surface area (Å²) in [4.78, 5) is 12.6. The van der Waals surface area contributed by atoms with Gasteiger partial charge in [0, 0.05) is 30.4 Å². The highest BCUT2D eigenvalue weighted by Gasteiger charge is 2.01. The van der Waals surface area contributed by atoms with E-state index in [1.807, 2.05) is 55.6 Å². The zero-order chi connectivity index (χ0) is 17.4. The SMILES string of the molecule is CN(CCCOc1ccc(C=CC(=O)O)cc1)c1ccc(Cl)cc1. The lowest BCUT2D eigenvalue weighted by Crippen LogP contribution is -2.20. The second kappa shape index (κ2) is 8.99. The standard InChI is InChI=1S/C19H20ClNO3/c1-21(17-8-6-16(20)7-9-17)13-2-14-24-18-10-3-15(4-11-18)5-12-19(22)23/h3-12H,2,13-14H2,1H3,(H,22,23).